The highest BCUT2D eigenvalue weighted by Gasteiger charge is 2.20. The average molecular weight is 268 g/mol. The molecule has 1 aliphatic rings. The van der Waals surface area contributed by atoms with E-state index in [2.05, 4.69) is 5.32 Å². The van der Waals surface area contributed by atoms with Gasteiger partial charge in [-0.1, -0.05) is 6.42 Å². The van der Waals surface area contributed by atoms with Gasteiger partial charge in [-0.05, 0) is 43.4 Å². The Morgan fingerprint density at radius 2 is 2.11 bits per heavy atom. The maximum absolute atomic E-state index is 13.0. The first kappa shape index (κ1) is 13.9. The van der Waals surface area contributed by atoms with E-state index in [1.165, 1.54) is 6.07 Å². The number of nitrogens with two attached hydrogens (primary N) is 1. The van der Waals surface area contributed by atoms with Crippen LogP contribution in [0.15, 0.2) is 18.2 Å². The Morgan fingerprint density at radius 3 is 2.79 bits per heavy atom. The molecule has 0 bridgehead atoms. The average Bonchev–Trinajstić information content (AvgIpc) is 2.39. The Hall–Kier alpha value is -1.49. The van der Waals surface area contributed by atoms with Gasteiger partial charge in [0.2, 0.25) is 0 Å². The first-order valence-corrected chi connectivity index (χ1v) is 6.55. The Kier molecular flexibility index (Phi) is 4.47. The van der Waals surface area contributed by atoms with Crippen molar-refractivity contribution in [3.63, 3.8) is 0 Å². The Balaban J connectivity index is 1.88. The van der Waals surface area contributed by atoms with E-state index < -0.39 is 11.6 Å². The molecule has 5 heteroatoms. The van der Waals surface area contributed by atoms with E-state index in [0.717, 1.165) is 37.8 Å². The lowest BCUT2D eigenvalue weighted by Crippen LogP contribution is -2.35. The second-order valence-electron chi connectivity index (χ2n) is 5.13. The van der Waals surface area contributed by atoms with Gasteiger partial charge in [0.1, 0.15) is 0 Å². The van der Waals surface area contributed by atoms with Gasteiger partial charge in [0.05, 0.1) is 0 Å². The van der Waals surface area contributed by atoms with Crippen molar-refractivity contribution >= 4 is 5.91 Å². The van der Waals surface area contributed by atoms with Gasteiger partial charge < -0.3 is 11.1 Å². The minimum Gasteiger partial charge on any atom is -0.352 e. The fraction of sp³-hybridized carbons (Fsp3) is 0.500. The molecule has 0 aliphatic heterocycles. The number of carbonyl (C=O) groups is 1. The van der Waals surface area contributed by atoms with Crippen LogP contribution in [-0.2, 0) is 0 Å². The molecule has 2 atom stereocenters. The van der Waals surface area contributed by atoms with Crippen molar-refractivity contribution in [2.24, 2.45) is 11.7 Å². The molecule has 0 spiro atoms. The Morgan fingerprint density at radius 1 is 1.32 bits per heavy atom. The number of halogens is 2. The molecule has 104 valence electrons. The molecule has 19 heavy (non-hydrogen) atoms. The number of hydrogen-bond donors (Lipinski definition) is 2. The molecule has 1 saturated carbocycles. The predicted molar refractivity (Wildman–Crippen MR) is 68.6 cm³/mol. The van der Waals surface area contributed by atoms with Crippen LogP contribution in [0.1, 0.15) is 36.0 Å². The minimum atomic E-state index is -1.01. The van der Waals surface area contributed by atoms with Crippen molar-refractivity contribution < 1.29 is 13.6 Å². The lowest BCUT2D eigenvalue weighted by molar-refractivity contribution is 0.0942. The van der Waals surface area contributed by atoms with E-state index >= 15 is 0 Å². The molecule has 0 radical (unpaired) electrons. The highest BCUT2D eigenvalue weighted by atomic mass is 19.2. The van der Waals surface area contributed by atoms with Crippen LogP contribution < -0.4 is 11.1 Å². The molecule has 1 aliphatic carbocycles. The van der Waals surface area contributed by atoms with Crippen molar-refractivity contribution in [1.82, 2.24) is 5.32 Å². The number of benzene rings is 1. The maximum Gasteiger partial charge on any atom is 0.251 e. The quantitative estimate of drug-likeness (QED) is 0.883. The lowest BCUT2D eigenvalue weighted by Gasteiger charge is -2.26. The van der Waals surface area contributed by atoms with Crippen LogP contribution in [0.3, 0.4) is 0 Å². The van der Waals surface area contributed by atoms with Gasteiger partial charge in [-0.25, -0.2) is 8.78 Å². The van der Waals surface area contributed by atoms with Crippen LogP contribution in [0.5, 0.6) is 0 Å². The van der Waals surface area contributed by atoms with Gasteiger partial charge in [-0.2, -0.15) is 0 Å². The van der Waals surface area contributed by atoms with Crippen molar-refractivity contribution in [1.29, 1.82) is 0 Å². The zero-order chi connectivity index (χ0) is 13.8. The normalized spacial score (nSPS) is 23.1. The number of carbonyl (C=O) groups excluding carboxylic acids is 1. The van der Waals surface area contributed by atoms with Crippen LogP contribution in [0.25, 0.3) is 0 Å². The summed E-state index contributed by atoms with van der Waals surface area (Å²) in [5.74, 6) is -1.96. The number of hydrogen-bond acceptors (Lipinski definition) is 2. The second kappa shape index (κ2) is 6.10. The van der Waals surface area contributed by atoms with Crippen LogP contribution >= 0.6 is 0 Å². The third-order valence-electron chi connectivity index (χ3n) is 3.56. The number of rotatable bonds is 3. The third kappa shape index (κ3) is 3.73. The topological polar surface area (TPSA) is 55.1 Å². The van der Waals surface area contributed by atoms with E-state index in [4.69, 9.17) is 5.73 Å². The molecule has 1 fully saturated rings. The summed E-state index contributed by atoms with van der Waals surface area (Å²) in [7, 11) is 0. The summed E-state index contributed by atoms with van der Waals surface area (Å²) >= 11 is 0. The van der Waals surface area contributed by atoms with E-state index in [-0.39, 0.29) is 17.5 Å². The fourth-order valence-electron chi connectivity index (χ4n) is 2.49. The highest BCUT2D eigenvalue weighted by Crippen LogP contribution is 2.22. The highest BCUT2D eigenvalue weighted by molar-refractivity contribution is 5.94. The van der Waals surface area contributed by atoms with Crippen LogP contribution in [0.4, 0.5) is 8.78 Å². The summed E-state index contributed by atoms with van der Waals surface area (Å²) in [6.07, 6.45) is 4.06. The lowest BCUT2D eigenvalue weighted by atomic mass is 9.86. The van der Waals surface area contributed by atoms with Crippen molar-refractivity contribution in [2.45, 2.75) is 31.7 Å². The minimum absolute atomic E-state index is 0.138. The molecule has 1 aromatic rings. The molecule has 3 nitrogen and oxygen atoms in total. The fourth-order valence-corrected chi connectivity index (χ4v) is 2.49. The third-order valence-corrected chi connectivity index (χ3v) is 3.56. The summed E-state index contributed by atoms with van der Waals surface area (Å²) in [4.78, 5) is 11.8. The van der Waals surface area contributed by atoms with Crippen LogP contribution in [0, 0.1) is 17.6 Å². The molecule has 0 aromatic heterocycles. The molecule has 0 heterocycles. The summed E-state index contributed by atoms with van der Waals surface area (Å²) in [6.45, 7) is 0.533. The molecule has 3 N–H and O–H groups in total. The first-order chi connectivity index (χ1) is 9.06. The first-order valence-electron chi connectivity index (χ1n) is 6.55. The number of amides is 1. The van der Waals surface area contributed by atoms with Gasteiger partial charge in [-0.15, -0.1) is 0 Å². The molecule has 2 unspecified atom stereocenters. The summed E-state index contributed by atoms with van der Waals surface area (Å²) in [5, 5.41) is 2.75. The molecule has 2 rings (SSSR count). The summed E-state index contributed by atoms with van der Waals surface area (Å²) in [5.41, 5.74) is 6.01. The van der Waals surface area contributed by atoms with E-state index in [1.807, 2.05) is 0 Å². The Bertz CT molecular complexity index is 465. The smallest absolute Gasteiger partial charge is 0.251 e. The van der Waals surface area contributed by atoms with Gasteiger partial charge in [0.25, 0.3) is 5.91 Å². The SMILES string of the molecule is NC1CCCC(CNC(=O)c2ccc(F)c(F)c2)C1. The van der Waals surface area contributed by atoms with Crippen molar-refractivity contribution in [3.8, 4) is 0 Å². The Labute approximate surface area is 111 Å². The van der Waals surface area contributed by atoms with Gasteiger partial charge in [-0.3, -0.25) is 4.79 Å². The van der Waals surface area contributed by atoms with Crippen LogP contribution in [0.2, 0.25) is 0 Å². The standard InChI is InChI=1S/C14H18F2N2O/c15-12-5-4-10(7-13(12)16)14(19)18-8-9-2-1-3-11(17)6-9/h4-5,7,9,11H,1-3,6,8,17H2,(H,18,19). The summed E-state index contributed by atoms with van der Waals surface area (Å²) < 4.78 is 25.8. The van der Waals surface area contributed by atoms with E-state index in [0.29, 0.717) is 12.5 Å². The van der Waals surface area contributed by atoms with Gasteiger partial charge in [0.15, 0.2) is 11.6 Å². The van der Waals surface area contributed by atoms with Crippen molar-refractivity contribution in [2.75, 3.05) is 6.54 Å². The second-order valence-corrected chi connectivity index (χ2v) is 5.13. The molecular weight excluding hydrogens is 250 g/mol. The van der Waals surface area contributed by atoms with Crippen LogP contribution in [-0.4, -0.2) is 18.5 Å². The number of nitrogens with one attached hydrogen (secondary N) is 1. The largest absolute Gasteiger partial charge is 0.352 e. The zero-order valence-corrected chi connectivity index (χ0v) is 10.7. The maximum atomic E-state index is 13.0. The molecule has 0 saturated heterocycles. The van der Waals surface area contributed by atoms with Crippen molar-refractivity contribution in [3.05, 3.63) is 35.4 Å². The summed E-state index contributed by atoms with van der Waals surface area (Å²) in [6, 6.07) is 3.36. The monoisotopic (exact) mass is 268 g/mol. The van der Waals surface area contributed by atoms with E-state index in [1.54, 1.807) is 0 Å². The predicted octanol–water partition coefficient (Wildman–Crippen LogP) is 2.21. The molecule has 1 aromatic carbocycles. The molecule has 1 amide bonds. The zero-order valence-electron chi connectivity index (χ0n) is 10.7. The van der Waals surface area contributed by atoms with Gasteiger partial charge in [0, 0.05) is 18.2 Å². The van der Waals surface area contributed by atoms with E-state index in [9.17, 15) is 13.6 Å². The van der Waals surface area contributed by atoms with Gasteiger partial charge >= 0.3 is 0 Å². The molecular formula is C14H18F2N2O.